The SMILES string of the molecule is CCOP(=O)(O)C(Nc1nccs1)c1ccccc1. The molecule has 2 N–H and O–H groups in total. The molecule has 1 heterocycles. The summed E-state index contributed by atoms with van der Waals surface area (Å²) in [5.41, 5.74) is 0.692. The maximum Gasteiger partial charge on any atom is 0.354 e. The lowest BCUT2D eigenvalue weighted by molar-refractivity contribution is 0.267. The Balaban J connectivity index is 2.31. The van der Waals surface area contributed by atoms with Gasteiger partial charge in [0, 0.05) is 11.6 Å². The summed E-state index contributed by atoms with van der Waals surface area (Å²) in [5.74, 6) is -0.820. The van der Waals surface area contributed by atoms with Gasteiger partial charge in [-0.3, -0.25) is 4.57 Å². The molecule has 0 aliphatic heterocycles. The fourth-order valence-electron chi connectivity index (χ4n) is 1.66. The van der Waals surface area contributed by atoms with Gasteiger partial charge >= 0.3 is 7.60 Å². The van der Waals surface area contributed by atoms with E-state index in [9.17, 15) is 9.46 Å². The lowest BCUT2D eigenvalue weighted by atomic mass is 10.2. The number of thiazole rings is 1. The highest BCUT2D eigenvalue weighted by Gasteiger charge is 2.34. The van der Waals surface area contributed by atoms with Gasteiger partial charge in [-0.15, -0.1) is 11.3 Å². The Morgan fingerprint density at radius 3 is 2.79 bits per heavy atom. The van der Waals surface area contributed by atoms with E-state index in [4.69, 9.17) is 4.52 Å². The van der Waals surface area contributed by atoms with Crippen LogP contribution in [0.1, 0.15) is 18.3 Å². The molecule has 1 aromatic carbocycles. The molecule has 19 heavy (non-hydrogen) atoms. The van der Waals surface area contributed by atoms with Gasteiger partial charge in [0.05, 0.1) is 6.61 Å². The Morgan fingerprint density at radius 1 is 1.47 bits per heavy atom. The molecular weight excluding hydrogens is 283 g/mol. The van der Waals surface area contributed by atoms with Crippen molar-refractivity contribution in [3.05, 3.63) is 47.5 Å². The Morgan fingerprint density at radius 2 is 2.21 bits per heavy atom. The molecule has 1 aromatic heterocycles. The van der Waals surface area contributed by atoms with Crippen LogP contribution in [-0.2, 0) is 9.09 Å². The number of nitrogens with zero attached hydrogens (tertiary/aromatic N) is 1. The molecule has 0 aliphatic carbocycles. The van der Waals surface area contributed by atoms with Crippen LogP contribution in [0.3, 0.4) is 0 Å². The summed E-state index contributed by atoms with van der Waals surface area (Å²) in [6, 6.07) is 9.06. The fraction of sp³-hybridized carbons (Fsp3) is 0.250. The Hall–Kier alpha value is -1.20. The summed E-state index contributed by atoms with van der Waals surface area (Å²) >= 11 is 1.37. The van der Waals surface area contributed by atoms with Gasteiger partial charge in [-0.25, -0.2) is 4.98 Å². The second kappa shape index (κ2) is 6.30. The first-order valence-electron chi connectivity index (χ1n) is 5.81. The number of hydrogen-bond acceptors (Lipinski definition) is 5. The summed E-state index contributed by atoms with van der Waals surface area (Å²) < 4.78 is 17.3. The summed E-state index contributed by atoms with van der Waals surface area (Å²) in [6.45, 7) is 1.87. The third kappa shape index (κ3) is 3.64. The second-order valence-electron chi connectivity index (χ2n) is 3.78. The largest absolute Gasteiger partial charge is 0.354 e. The highest BCUT2D eigenvalue weighted by molar-refractivity contribution is 7.53. The first-order valence-corrected chi connectivity index (χ1v) is 8.34. The Kier molecular flexibility index (Phi) is 4.71. The van der Waals surface area contributed by atoms with Gasteiger partial charge in [0.2, 0.25) is 0 Å². The van der Waals surface area contributed by atoms with Crippen LogP contribution in [0.2, 0.25) is 0 Å². The van der Waals surface area contributed by atoms with Gasteiger partial charge in [0.25, 0.3) is 0 Å². The molecule has 0 aliphatic rings. The van der Waals surface area contributed by atoms with Gasteiger partial charge in [-0.1, -0.05) is 30.3 Å². The molecule has 7 heteroatoms. The molecule has 0 bridgehead atoms. The van der Waals surface area contributed by atoms with Crippen LogP contribution in [0.5, 0.6) is 0 Å². The molecule has 2 rings (SSSR count). The number of anilines is 1. The normalized spacial score (nSPS) is 15.7. The molecule has 5 nitrogen and oxygen atoms in total. The van der Waals surface area contributed by atoms with Gasteiger partial charge in [-0.2, -0.15) is 0 Å². The first-order chi connectivity index (χ1) is 9.13. The summed E-state index contributed by atoms with van der Waals surface area (Å²) in [7, 11) is -3.81. The number of aromatic nitrogens is 1. The van der Waals surface area contributed by atoms with Crippen LogP contribution in [-0.4, -0.2) is 16.5 Å². The van der Waals surface area contributed by atoms with E-state index >= 15 is 0 Å². The third-order valence-electron chi connectivity index (χ3n) is 2.45. The number of hydrogen-bond donors (Lipinski definition) is 2. The average Bonchev–Trinajstić information content (AvgIpc) is 2.89. The van der Waals surface area contributed by atoms with Crippen molar-refractivity contribution in [2.24, 2.45) is 0 Å². The highest BCUT2D eigenvalue weighted by Crippen LogP contribution is 2.56. The van der Waals surface area contributed by atoms with E-state index in [1.165, 1.54) is 11.3 Å². The van der Waals surface area contributed by atoms with Crippen molar-refractivity contribution in [1.82, 2.24) is 4.98 Å². The quantitative estimate of drug-likeness (QED) is 0.799. The van der Waals surface area contributed by atoms with E-state index in [0.29, 0.717) is 10.7 Å². The smallest absolute Gasteiger partial charge is 0.344 e. The minimum atomic E-state index is -3.81. The number of benzene rings is 1. The second-order valence-corrected chi connectivity index (χ2v) is 6.57. The summed E-state index contributed by atoms with van der Waals surface area (Å²) in [6.07, 6.45) is 1.64. The summed E-state index contributed by atoms with van der Waals surface area (Å²) in [5, 5.41) is 5.35. The van der Waals surface area contributed by atoms with Crippen LogP contribution in [0.15, 0.2) is 41.9 Å². The van der Waals surface area contributed by atoms with Crippen LogP contribution in [0.25, 0.3) is 0 Å². The zero-order valence-electron chi connectivity index (χ0n) is 10.4. The summed E-state index contributed by atoms with van der Waals surface area (Å²) in [4.78, 5) is 14.1. The van der Waals surface area contributed by atoms with Crippen molar-refractivity contribution in [1.29, 1.82) is 0 Å². The molecule has 0 saturated carbocycles. The van der Waals surface area contributed by atoms with E-state index in [1.54, 1.807) is 30.6 Å². The molecule has 0 radical (unpaired) electrons. The zero-order chi connectivity index (χ0) is 13.7. The molecule has 2 aromatic rings. The molecule has 102 valence electrons. The topological polar surface area (TPSA) is 71.5 Å². The highest BCUT2D eigenvalue weighted by atomic mass is 32.1. The van der Waals surface area contributed by atoms with Crippen molar-refractivity contribution >= 4 is 24.1 Å². The van der Waals surface area contributed by atoms with E-state index in [0.717, 1.165) is 0 Å². The van der Waals surface area contributed by atoms with Crippen molar-refractivity contribution in [3.63, 3.8) is 0 Å². The lowest BCUT2D eigenvalue weighted by Gasteiger charge is -2.23. The van der Waals surface area contributed by atoms with Gasteiger partial charge < -0.3 is 14.7 Å². The average molecular weight is 298 g/mol. The monoisotopic (exact) mass is 298 g/mol. The van der Waals surface area contributed by atoms with Crippen LogP contribution < -0.4 is 5.32 Å². The molecule has 0 saturated heterocycles. The van der Waals surface area contributed by atoms with Crippen molar-refractivity contribution in [2.45, 2.75) is 12.7 Å². The number of rotatable bonds is 6. The van der Waals surface area contributed by atoms with Crippen molar-refractivity contribution < 1.29 is 14.0 Å². The minimum absolute atomic E-state index is 0.177. The standard InChI is InChI=1S/C12H15N2O3PS/c1-2-17-18(15,16)11(10-6-4-3-5-7-10)14-12-13-8-9-19-12/h3-9,11H,2H2,1H3,(H,13,14)(H,15,16). The molecule has 0 fully saturated rings. The van der Waals surface area contributed by atoms with Gasteiger partial charge in [-0.05, 0) is 12.5 Å². The maximum absolute atomic E-state index is 12.3. The van der Waals surface area contributed by atoms with E-state index in [-0.39, 0.29) is 6.61 Å². The van der Waals surface area contributed by atoms with Crippen molar-refractivity contribution in [2.75, 3.05) is 11.9 Å². The molecule has 0 spiro atoms. The Labute approximate surface area is 115 Å². The molecular formula is C12H15N2O3PS. The van der Waals surface area contributed by atoms with Gasteiger partial charge in [0.1, 0.15) is 0 Å². The third-order valence-corrected chi connectivity index (χ3v) is 4.86. The van der Waals surface area contributed by atoms with E-state index < -0.39 is 13.4 Å². The lowest BCUT2D eigenvalue weighted by Crippen LogP contribution is -2.13. The fourth-order valence-corrected chi connectivity index (χ4v) is 3.66. The van der Waals surface area contributed by atoms with Crippen LogP contribution in [0, 0.1) is 0 Å². The zero-order valence-corrected chi connectivity index (χ0v) is 12.1. The predicted octanol–water partition coefficient (Wildman–Crippen LogP) is 3.48. The molecule has 2 atom stereocenters. The van der Waals surface area contributed by atoms with E-state index in [1.807, 2.05) is 18.2 Å². The van der Waals surface area contributed by atoms with Gasteiger partial charge in [0.15, 0.2) is 10.9 Å². The molecule has 2 unspecified atom stereocenters. The van der Waals surface area contributed by atoms with Crippen LogP contribution >= 0.6 is 18.9 Å². The van der Waals surface area contributed by atoms with Crippen molar-refractivity contribution in [3.8, 4) is 0 Å². The number of nitrogens with one attached hydrogen (secondary N) is 1. The first kappa shape index (κ1) is 14.2. The Bertz CT molecular complexity index is 547. The predicted molar refractivity (Wildman–Crippen MR) is 76.4 cm³/mol. The van der Waals surface area contributed by atoms with E-state index in [2.05, 4.69) is 10.3 Å². The van der Waals surface area contributed by atoms with Crippen LogP contribution in [0.4, 0.5) is 5.13 Å². The molecule has 0 amide bonds. The maximum atomic E-state index is 12.3. The minimum Gasteiger partial charge on any atom is -0.344 e.